The van der Waals surface area contributed by atoms with E-state index in [2.05, 4.69) is 0 Å². The first-order valence-corrected chi connectivity index (χ1v) is 3.62. The molecule has 0 fully saturated rings. The van der Waals surface area contributed by atoms with Crippen LogP contribution in [0.4, 0.5) is 0 Å². The lowest BCUT2D eigenvalue weighted by Gasteiger charge is -2.02. The van der Waals surface area contributed by atoms with Crippen molar-refractivity contribution in [2.24, 2.45) is 0 Å². The van der Waals surface area contributed by atoms with E-state index in [1.54, 1.807) is 6.07 Å². The highest BCUT2D eigenvalue weighted by molar-refractivity contribution is 5.41. The Hall–Kier alpha value is -1.18. The third-order valence-electron chi connectivity index (χ3n) is 1.64. The van der Waals surface area contributed by atoms with Crippen LogP contribution in [-0.4, -0.2) is 7.11 Å². The monoisotopic (exact) mass is 151 g/mol. The van der Waals surface area contributed by atoms with E-state index in [-0.39, 0.29) is 5.75 Å². The average Bonchev–Trinajstić information content (AvgIpc) is 2.05. The lowest BCUT2D eigenvalue weighted by atomic mass is 10.1. The van der Waals surface area contributed by atoms with Crippen LogP contribution >= 0.6 is 0 Å². The van der Waals surface area contributed by atoms with Crippen molar-refractivity contribution in [3.05, 3.63) is 23.8 Å². The minimum absolute atomic E-state index is 0.0512. The van der Waals surface area contributed by atoms with Crippen molar-refractivity contribution in [3.8, 4) is 11.5 Å². The van der Waals surface area contributed by atoms with E-state index in [0.29, 0.717) is 5.75 Å². The summed E-state index contributed by atoms with van der Waals surface area (Å²) in [5, 5.41) is 11.0. The van der Waals surface area contributed by atoms with Crippen LogP contribution in [0.5, 0.6) is 11.5 Å². The van der Waals surface area contributed by atoms with E-state index in [9.17, 15) is 5.11 Å². The largest absolute Gasteiger partial charge is 0.493 e. The Morgan fingerprint density at radius 2 is 2.18 bits per heavy atom. The van der Waals surface area contributed by atoms with Gasteiger partial charge in [-0.2, -0.15) is 0 Å². The summed E-state index contributed by atoms with van der Waals surface area (Å²) in [4.78, 5) is 0. The van der Waals surface area contributed by atoms with Crippen molar-refractivity contribution in [2.75, 3.05) is 7.11 Å². The van der Waals surface area contributed by atoms with Crippen LogP contribution in [0.1, 0.15) is 12.5 Å². The SMILES string of the molecule is CCc1ccc([O])c(OC)c1. The molecule has 0 amide bonds. The van der Waals surface area contributed by atoms with E-state index in [1.165, 1.54) is 13.2 Å². The van der Waals surface area contributed by atoms with Crippen LogP contribution in [0.2, 0.25) is 0 Å². The lowest BCUT2D eigenvalue weighted by molar-refractivity contribution is 0.315. The molecule has 2 nitrogen and oxygen atoms in total. The summed E-state index contributed by atoms with van der Waals surface area (Å²) in [6.45, 7) is 2.04. The molecule has 0 aromatic heterocycles. The second kappa shape index (κ2) is 3.28. The number of methoxy groups -OCH3 is 1. The van der Waals surface area contributed by atoms with Gasteiger partial charge < -0.3 is 4.74 Å². The Bertz CT molecular complexity index is 243. The Morgan fingerprint density at radius 1 is 1.45 bits per heavy atom. The molecule has 59 valence electrons. The first kappa shape index (κ1) is 7.92. The van der Waals surface area contributed by atoms with E-state index in [1.807, 2.05) is 13.0 Å². The molecular formula is C9H11O2. The highest BCUT2D eigenvalue weighted by Gasteiger charge is 2.02. The second-order valence-corrected chi connectivity index (χ2v) is 2.34. The summed E-state index contributed by atoms with van der Waals surface area (Å²) in [6, 6.07) is 5.14. The smallest absolute Gasteiger partial charge is 0.220 e. The molecule has 0 unspecified atom stereocenters. The van der Waals surface area contributed by atoms with Gasteiger partial charge >= 0.3 is 0 Å². The Morgan fingerprint density at radius 3 is 2.73 bits per heavy atom. The van der Waals surface area contributed by atoms with Gasteiger partial charge in [-0.3, -0.25) is 5.11 Å². The summed E-state index contributed by atoms with van der Waals surface area (Å²) in [7, 11) is 1.51. The summed E-state index contributed by atoms with van der Waals surface area (Å²) in [5.41, 5.74) is 1.13. The van der Waals surface area contributed by atoms with Crippen molar-refractivity contribution in [2.45, 2.75) is 13.3 Å². The van der Waals surface area contributed by atoms with Crippen LogP contribution in [0, 0.1) is 0 Å². The van der Waals surface area contributed by atoms with Crippen LogP contribution in [0.3, 0.4) is 0 Å². The van der Waals surface area contributed by atoms with Gasteiger partial charge in [0.2, 0.25) is 5.75 Å². The highest BCUT2D eigenvalue weighted by atomic mass is 16.5. The molecule has 1 rings (SSSR count). The number of aryl methyl sites for hydroxylation is 1. The molecule has 1 aromatic carbocycles. The Labute approximate surface area is 66.4 Å². The minimum atomic E-state index is -0.0512. The van der Waals surface area contributed by atoms with Crippen molar-refractivity contribution < 1.29 is 9.84 Å². The van der Waals surface area contributed by atoms with Gasteiger partial charge in [0.25, 0.3) is 0 Å². The highest BCUT2D eigenvalue weighted by Crippen LogP contribution is 2.26. The summed E-state index contributed by atoms with van der Waals surface area (Å²) in [6.07, 6.45) is 0.927. The van der Waals surface area contributed by atoms with Crippen molar-refractivity contribution in [3.63, 3.8) is 0 Å². The molecule has 0 spiro atoms. The first-order chi connectivity index (χ1) is 5.27. The number of ether oxygens (including phenoxy) is 1. The molecule has 0 aliphatic heterocycles. The van der Waals surface area contributed by atoms with Gasteiger partial charge in [-0.05, 0) is 24.1 Å². The molecule has 1 radical (unpaired) electrons. The predicted molar refractivity (Wildman–Crippen MR) is 42.5 cm³/mol. The molecule has 0 heterocycles. The summed E-state index contributed by atoms with van der Waals surface area (Å²) >= 11 is 0. The molecule has 0 atom stereocenters. The van der Waals surface area contributed by atoms with Crippen molar-refractivity contribution in [1.29, 1.82) is 0 Å². The van der Waals surface area contributed by atoms with Gasteiger partial charge in [0, 0.05) is 0 Å². The molecule has 2 heteroatoms. The van der Waals surface area contributed by atoms with Crippen LogP contribution < -0.4 is 4.74 Å². The third-order valence-corrected chi connectivity index (χ3v) is 1.64. The van der Waals surface area contributed by atoms with Gasteiger partial charge in [0.1, 0.15) is 0 Å². The van der Waals surface area contributed by atoms with Crippen LogP contribution in [0.15, 0.2) is 18.2 Å². The molecule has 1 aromatic rings. The normalized spacial score (nSPS) is 9.64. The number of hydrogen-bond acceptors (Lipinski definition) is 1. The van der Waals surface area contributed by atoms with E-state index in [0.717, 1.165) is 12.0 Å². The molecule has 0 saturated heterocycles. The fourth-order valence-electron chi connectivity index (χ4n) is 0.932. The predicted octanol–water partition coefficient (Wildman–Crippen LogP) is 2.40. The standard InChI is InChI=1S/C9H11O2/c1-3-7-4-5-8(10)9(6-7)11-2/h4-6H,3H2,1-2H3. The second-order valence-electron chi connectivity index (χ2n) is 2.34. The van der Waals surface area contributed by atoms with Crippen LogP contribution in [0.25, 0.3) is 0 Å². The van der Waals surface area contributed by atoms with Gasteiger partial charge in [-0.25, -0.2) is 0 Å². The maximum absolute atomic E-state index is 11.0. The summed E-state index contributed by atoms with van der Waals surface area (Å²) in [5.74, 6) is 0.383. The van der Waals surface area contributed by atoms with Gasteiger partial charge in [-0.1, -0.05) is 13.0 Å². The summed E-state index contributed by atoms with van der Waals surface area (Å²) < 4.78 is 4.87. The zero-order chi connectivity index (χ0) is 8.27. The Balaban J connectivity index is 3.02. The minimum Gasteiger partial charge on any atom is -0.493 e. The molecule has 11 heavy (non-hydrogen) atoms. The average molecular weight is 151 g/mol. The van der Waals surface area contributed by atoms with Crippen molar-refractivity contribution >= 4 is 0 Å². The zero-order valence-corrected chi connectivity index (χ0v) is 6.76. The number of hydrogen-bond donors (Lipinski definition) is 0. The number of rotatable bonds is 2. The van der Waals surface area contributed by atoms with E-state index in [4.69, 9.17) is 4.74 Å². The quantitative estimate of drug-likeness (QED) is 0.638. The molecule has 0 aliphatic rings. The zero-order valence-electron chi connectivity index (χ0n) is 6.76. The Kier molecular flexibility index (Phi) is 2.36. The molecule has 0 saturated carbocycles. The van der Waals surface area contributed by atoms with Gasteiger partial charge in [0.15, 0.2) is 5.75 Å². The van der Waals surface area contributed by atoms with Crippen molar-refractivity contribution in [1.82, 2.24) is 0 Å². The molecule has 0 aliphatic carbocycles. The molecule has 0 bridgehead atoms. The lowest BCUT2D eigenvalue weighted by Crippen LogP contribution is -1.85. The first-order valence-electron chi connectivity index (χ1n) is 3.62. The maximum atomic E-state index is 11.0. The van der Waals surface area contributed by atoms with Crippen LogP contribution in [-0.2, 0) is 11.5 Å². The fourth-order valence-corrected chi connectivity index (χ4v) is 0.932. The topological polar surface area (TPSA) is 29.1 Å². The fraction of sp³-hybridized carbons (Fsp3) is 0.333. The van der Waals surface area contributed by atoms with E-state index >= 15 is 0 Å². The third kappa shape index (κ3) is 1.64. The van der Waals surface area contributed by atoms with Gasteiger partial charge in [0.05, 0.1) is 7.11 Å². The van der Waals surface area contributed by atoms with Gasteiger partial charge in [-0.15, -0.1) is 0 Å². The van der Waals surface area contributed by atoms with E-state index < -0.39 is 0 Å². The maximum Gasteiger partial charge on any atom is 0.220 e. The number of benzene rings is 1. The molecule has 0 N–H and O–H groups in total. The molecular weight excluding hydrogens is 140 g/mol.